The van der Waals surface area contributed by atoms with E-state index in [2.05, 4.69) is 9.97 Å². The number of halogens is 3. The Kier molecular flexibility index (Phi) is 5.60. The highest BCUT2D eigenvalue weighted by Gasteiger charge is 2.33. The highest BCUT2D eigenvalue weighted by Crippen LogP contribution is 2.37. The van der Waals surface area contributed by atoms with Crippen LogP contribution in [0.2, 0.25) is 0 Å². The third kappa shape index (κ3) is 4.29. The fourth-order valence-electron chi connectivity index (χ4n) is 3.27. The molecule has 4 aromatic rings. The van der Waals surface area contributed by atoms with Crippen LogP contribution in [0.25, 0.3) is 22.2 Å². The van der Waals surface area contributed by atoms with E-state index < -0.39 is 21.6 Å². The molecule has 0 aliphatic heterocycles. The molecule has 0 saturated carbocycles. The summed E-state index contributed by atoms with van der Waals surface area (Å²) in [4.78, 5) is 8.25. The van der Waals surface area contributed by atoms with Crippen molar-refractivity contribution in [3.05, 3.63) is 78.6 Å². The molecule has 1 heterocycles. The quantitative estimate of drug-likeness (QED) is 0.372. The molecule has 1 aromatic heterocycles. The van der Waals surface area contributed by atoms with Gasteiger partial charge in [0.2, 0.25) is 0 Å². The molecule has 0 atom stereocenters. The number of ether oxygens (including phenoxy) is 1. The molecule has 9 heteroatoms. The monoisotopic (exact) mass is 458 g/mol. The smallest absolute Gasteiger partial charge is 0.418 e. The maximum atomic E-state index is 13.4. The Morgan fingerprint density at radius 3 is 2.31 bits per heavy atom. The van der Waals surface area contributed by atoms with E-state index in [-0.39, 0.29) is 21.6 Å². The van der Waals surface area contributed by atoms with Crippen molar-refractivity contribution in [3.63, 3.8) is 0 Å². The molecule has 0 aliphatic carbocycles. The van der Waals surface area contributed by atoms with Crippen LogP contribution in [0, 0.1) is 0 Å². The van der Waals surface area contributed by atoms with Gasteiger partial charge < -0.3 is 4.74 Å². The Balaban J connectivity index is 1.69. The molecule has 0 aliphatic rings. The Hall–Kier alpha value is -3.46. The van der Waals surface area contributed by atoms with Gasteiger partial charge in [-0.1, -0.05) is 31.2 Å². The van der Waals surface area contributed by atoms with Crippen LogP contribution in [0.15, 0.2) is 78.0 Å². The summed E-state index contributed by atoms with van der Waals surface area (Å²) in [5.41, 5.74) is -0.104. The second-order valence-electron chi connectivity index (χ2n) is 6.93. The van der Waals surface area contributed by atoms with Crippen molar-refractivity contribution in [1.29, 1.82) is 0 Å². The van der Waals surface area contributed by atoms with Crippen LogP contribution >= 0.6 is 0 Å². The molecule has 32 heavy (non-hydrogen) atoms. The minimum Gasteiger partial charge on any atom is -0.457 e. The molecular formula is C23H17F3N2O3S. The fourth-order valence-corrected chi connectivity index (χ4v) is 4.16. The maximum absolute atomic E-state index is 13.4. The van der Waals surface area contributed by atoms with E-state index in [4.69, 9.17) is 4.74 Å². The van der Waals surface area contributed by atoms with Crippen molar-refractivity contribution in [2.45, 2.75) is 18.0 Å². The van der Waals surface area contributed by atoms with Gasteiger partial charge in [-0.05, 0) is 42.5 Å². The summed E-state index contributed by atoms with van der Waals surface area (Å²) in [7, 11) is -3.32. The fraction of sp³-hybridized carbons (Fsp3) is 0.130. The van der Waals surface area contributed by atoms with Gasteiger partial charge in [0.15, 0.2) is 9.84 Å². The van der Waals surface area contributed by atoms with E-state index in [1.807, 2.05) is 0 Å². The topological polar surface area (TPSA) is 69.2 Å². The molecule has 0 radical (unpaired) electrons. The average molecular weight is 458 g/mol. The maximum Gasteiger partial charge on any atom is 0.418 e. The van der Waals surface area contributed by atoms with Gasteiger partial charge in [-0.15, -0.1) is 0 Å². The molecule has 0 unspecified atom stereocenters. The van der Waals surface area contributed by atoms with Crippen molar-refractivity contribution < 1.29 is 26.3 Å². The third-order valence-corrected chi connectivity index (χ3v) is 6.63. The zero-order valence-electron chi connectivity index (χ0n) is 16.8. The van der Waals surface area contributed by atoms with Gasteiger partial charge in [0, 0.05) is 10.9 Å². The standard InChI is InChI=1S/C23H17F3N2O3S/c1-2-32(29,30)18-11-9-16(10-12-18)31-17-6-3-5-15(13-17)21-19-7-4-8-20(23(24,25)26)22(19)28-14-27-21/h3-14H,2H2,1H3. The summed E-state index contributed by atoms with van der Waals surface area (Å²) in [6.07, 6.45) is -3.43. The molecule has 0 N–H and O–H groups in total. The number of para-hydroxylation sites is 1. The predicted octanol–water partition coefficient (Wildman–Crippen LogP) is 5.90. The van der Waals surface area contributed by atoms with Gasteiger partial charge >= 0.3 is 6.18 Å². The Bertz CT molecular complexity index is 1390. The minimum atomic E-state index is -4.53. The molecule has 0 saturated heterocycles. The normalized spacial score (nSPS) is 12.1. The summed E-state index contributed by atoms with van der Waals surface area (Å²) in [6, 6.07) is 16.6. The second-order valence-corrected chi connectivity index (χ2v) is 9.20. The van der Waals surface area contributed by atoms with E-state index in [1.54, 1.807) is 49.4 Å². The van der Waals surface area contributed by atoms with Gasteiger partial charge in [0.05, 0.1) is 27.4 Å². The lowest BCUT2D eigenvalue weighted by molar-refractivity contribution is -0.136. The van der Waals surface area contributed by atoms with E-state index >= 15 is 0 Å². The van der Waals surface area contributed by atoms with Gasteiger partial charge in [-0.3, -0.25) is 0 Å². The third-order valence-electron chi connectivity index (χ3n) is 4.88. The SMILES string of the molecule is CCS(=O)(=O)c1ccc(Oc2cccc(-c3ncnc4c(C(F)(F)F)cccc34)c2)cc1. The Morgan fingerprint density at radius 1 is 0.906 bits per heavy atom. The number of aromatic nitrogens is 2. The lowest BCUT2D eigenvalue weighted by Gasteiger charge is -2.12. The Morgan fingerprint density at radius 2 is 1.62 bits per heavy atom. The van der Waals surface area contributed by atoms with Gasteiger partial charge in [0.1, 0.15) is 17.8 Å². The summed E-state index contributed by atoms with van der Waals surface area (Å²) < 4.78 is 69.8. The number of sulfone groups is 1. The van der Waals surface area contributed by atoms with E-state index in [0.717, 1.165) is 12.4 Å². The van der Waals surface area contributed by atoms with Gasteiger partial charge in [-0.2, -0.15) is 13.2 Å². The predicted molar refractivity (Wildman–Crippen MR) is 114 cm³/mol. The first-order chi connectivity index (χ1) is 15.2. The van der Waals surface area contributed by atoms with E-state index in [1.165, 1.54) is 18.2 Å². The van der Waals surface area contributed by atoms with Crippen molar-refractivity contribution >= 4 is 20.7 Å². The second kappa shape index (κ2) is 8.23. The minimum absolute atomic E-state index is 0.00179. The van der Waals surface area contributed by atoms with E-state index in [9.17, 15) is 21.6 Å². The van der Waals surface area contributed by atoms with Gasteiger partial charge in [0.25, 0.3) is 0 Å². The lowest BCUT2D eigenvalue weighted by Crippen LogP contribution is -2.07. The molecule has 0 fully saturated rings. The zero-order valence-corrected chi connectivity index (χ0v) is 17.6. The summed E-state index contributed by atoms with van der Waals surface area (Å²) >= 11 is 0. The van der Waals surface area contributed by atoms with Crippen LogP contribution in [0.4, 0.5) is 13.2 Å². The molecular weight excluding hydrogens is 441 g/mol. The highest BCUT2D eigenvalue weighted by atomic mass is 32.2. The van der Waals surface area contributed by atoms with E-state index in [0.29, 0.717) is 22.8 Å². The molecule has 4 rings (SSSR count). The molecule has 0 spiro atoms. The van der Waals surface area contributed by atoms with Crippen molar-refractivity contribution in [2.24, 2.45) is 0 Å². The van der Waals surface area contributed by atoms with Crippen molar-refractivity contribution in [1.82, 2.24) is 9.97 Å². The number of benzene rings is 3. The van der Waals surface area contributed by atoms with Crippen LogP contribution in [0.5, 0.6) is 11.5 Å². The number of alkyl halides is 3. The number of hydrogen-bond donors (Lipinski definition) is 0. The first-order valence-corrected chi connectivity index (χ1v) is 11.3. The number of fused-ring (bicyclic) bond motifs is 1. The first-order valence-electron chi connectivity index (χ1n) is 9.61. The van der Waals surface area contributed by atoms with Crippen LogP contribution in [0.3, 0.4) is 0 Å². The number of hydrogen-bond acceptors (Lipinski definition) is 5. The van der Waals surface area contributed by atoms with Crippen molar-refractivity contribution in [2.75, 3.05) is 5.75 Å². The summed E-state index contributed by atoms with van der Waals surface area (Å²) in [6.45, 7) is 1.57. The van der Waals surface area contributed by atoms with Crippen LogP contribution < -0.4 is 4.74 Å². The average Bonchev–Trinajstić information content (AvgIpc) is 2.78. The van der Waals surface area contributed by atoms with Crippen LogP contribution in [-0.2, 0) is 16.0 Å². The summed E-state index contributed by atoms with van der Waals surface area (Å²) in [5, 5.41) is 0.272. The van der Waals surface area contributed by atoms with Crippen LogP contribution in [-0.4, -0.2) is 24.1 Å². The number of rotatable bonds is 5. The lowest BCUT2D eigenvalue weighted by atomic mass is 10.0. The molecule has 0 bridgehead atoms. The Labute approximate surface area is 182 Å². The van der Waals surface area contributed by atoms with Crippen molar-refractivity contribution in [3.8, 4) is 22.8 Å². The largest absolute Gasteiger partial charge is 0.457 e. The number of nitrogens with zero attached hydrogens (tertiary/aromatic N) is 2. The first kappa shape index (κ1) is 21.8. The van der Waals surface area contributed by atoms with Crippen LogP contribution in [0.1, 0.15) is 12.5 Å². The molecule has 3 aromatic carbocycles. The zero-order chi connectivity index (χ0) is 22.9. The molecule has 164 valence electrons. The molecule has 5 nitrogen and oxygen atoms in total. The molecule has 0 amide bonds. The van der Waals surface area contributed by atoms with Gasteiger partial charge in [-0.25, -0.2) is 18.4 Å². The summed E-state index contributed by atoms with van der Waals surface area (Å²) in [5.74, 6) is 0.842. The highest BCUT2D eigenvalue weighted by molar-refractivity contribution is 7.91.